The molecule has 0 aliphatic rings. The number of rotatable bonds is 6. The average Bonchev–Trinajstić information content (AvgIpc) is 2.90. The minimum atomic E-state index is -0.873. The van der Waals surface area contributed by atoms with Crippen molar-refractivity contribution < 1.29 is 14.7 Å². The number of carbonyl (C=O) groups is 2. The van der Waals surface area contributed by atoms with E-state index in [1.165, 1.54) is 0 Å². The van der Waals surface area contributed by atoms with Crippen molar-refractivity contribution in [2.45, 2.75) is 34.2 Å². The number of aliphatic hydroxyl groups excluding tert-OH is 1. The molecule has 4 N–H and O–H groups in total. The monoisotopic (exact) mass is 378 g/mol. The van der Waals surface area contributed by atoms with E-state index in [2.05, 4.69) is 20.6 Å². The van der Waals surface area contributed by atoms with Crippen LogP contribution in [0, 0.1) is 19.3 Å². The number of halogens is 1. The first-order chi connectivity index (χ1) is 12.1. The standard InChI is InChI=1S/C18H23ClN4O3/c1-10-11(2)22-17(21-10)23-15(25)13-7-12(5-6-14(13)19)8-20-16(26)18(3,4)9-24/h5-7,24H,8-9H2,1-4H3,(H,20,26)(H2,21,22,23,25). The first-order valence-electron chi connectivity index (χ1n) is 8.16. The number of carbonyl (C=O) groups excluding carboxylic acids is 2. The topological polar surface area (TPSA) is 107 Å². The van der Waals surface area contributed by atoms with Crippen LogP contribution in [-0.2, 0) is 11.3 Å². The lowest BCUT2D eigenvalue weighted by Crippen LogP contribution is -2.38. The Morgan fingerprint density at radius 3 is 2.58 bits per heavy atom. The molecule has 26 heavy (non-hydrogen) atoms. The van der Waals surface area contributed by atoms with E-state index in [1.54, 1.807) is 32.0 Å². The predicted octanol–water partition coefficient (Wildman–Crippen LogP) is 2.57. The Kier molecular flexibility index (Phi) is 6.05. The van der Waals surface area contributed by atoms with Gasteiger partial charge in [-0.25, -0.2) is 4.98 Å². The SMILES string of the molecule is Cc1nc(NC(=O)c2cc(CNC(=O)C(C)(C)CO)ccc2Cl)[nH]c1C. The van der Waals surface area contributed by atoms with Crippen LogP contribution < -0.4 is 10.6 Å². The minimum absolute atomic E-state index is 0.221. The zero-order valence-electron chi connectivity index (χ0n) is 15.2. The first-order valence-corrected chi connectivity index (χ1v) is 8.54. The van der Waals surface area contributed by atoms with Gasteiger partial charge >= 0.3 is 0 Å². The third-order valence-corrected chi connectivity index (χ3v) is 4.43. The van der Waals surface area contributed by atoms with Crippen LogP contribution in [0.1, 0.15) is 41.2 Å². The second kappa shape index (κ2) is 7.88. The minimum Gasteiger partial charge on any atom is -0.395 e. The van der Waals surface area contributed by atoms with Crippen molar-refractivity contribution in [1.29, 1.82) is 0 Å². The Hall–Kier alpha value is -2.38. The molecule has 0 bridgehead atoms. The van der Waals surface area contributed by atoms with E-state index in [4.69, 9.17) is 11.6 Å². The molecule has 0 unspecified atom stereocenters. The van der Waals surface area contributed by atoms with Gasteiger partial charge in [0.25, 0.3) is 5.91 Å². The molecule has 0 saturated carbocycles. The Labute approximate surface area is 157 Å². The molecule has 0 radical (unpaired) electrons. The molecule has 140 valence electrons. The highest BCUT2D eigenvalue weighted by atomic mass is 35.5. The van der Waals surface area contributed by atoms with Crippen LogP contribution in [0.15, 0.2) is 18.2 Å². The van der Waals surface area contributed by atoms with Gasteiger partial charge in [0.15, 0.2) is 0 Å². The van der Waals surface area contributed by atoms with Crippen molar-refractivity contribution in [3.05, 3.63) is 45.7 Å². The van der Waals surface area contributed by atoms with Crippen LogP contribution in [0.3, 0.4) is 0 Å². The highest BCUT2D eigenvalue weighted by Gasteiger charge is 2.26. The van der Waals surface area contributed by atoms with Crippen LogP contribution in [0.4, 0.5) is 5.95 Å². The molecular formula is C18H23ClN4O3. The van der Waals surface area contributed by atoms with E-state index >= 15 is 0 Å². The largest absolute Gasteiger partial charge is 0.395 e. The number of benzene rings is 1. The summed E-state index contributed by atoms with van der Waals surface area (Å²) in [5.74, 6) is -0.320. The van der Waals surface area contributed by atoms with E-state index in [0.717, 1.165) is 11.4 Å². The number of amides is 2. The summed E-state index contributed by atoms with van der Waals surface area (Å²) in [6.07, 6.45) is 0. The summed E-state index contributed by atoms with van der Waals surface area (Å²) in [5, 5.41) is 15.0. The van der Waals surface area contributed by atoms with Crippen molar-refractivity contribution in [2.75, 3.05) is 11.9 Å². The maximum Gasteiger partial charge on any atom is 0.259 e. The molecule has 1 aromatic heterocycles. The molecule has 1 heterocycles. The fourth-order valence-corrected chi connectivity index (χ4v) is 2.33. The van der Waals surface area contributed by atoms with E-state index in [0.29, 0.717) is 16.5 Å². The molecule has 7 nitrogen and oxygen atoms in total. The summed E-state index contributed by atoms with van der Waals surface area (Å²) >= 11 is 6.14. The summed E-state index contributed by atoms with van der Waals surface area (Å²) < 4.78 is 0. The van der Waals surface area contributed by atoms with Gasteiger partial charge in [-0.2, -0.15) is 0 Å². The Morgan fingerprint density at radius 1 is 1.31 bits per heavy atom. The van der Waals surface area contributed by atoms with Crippen LogP contribution >= 0.6 is 11.6 Å². The maximum absolute atomic E-state index is 12.5. The Morgan fingerprint density at radius 2 is 2.00 bits per heavy atom. The summed E-state index contributed by atoms with van der Waals surface area (Å²) in [7, 11) is 0. The van der Waals surface area contributed by atoms with Crippen LogP contribution in [-0.4, -0.2) is 33.5 Å². The number of aliphatic hydroxyl groups is 1. The Bertz CT molecular complexity index is 810. The number of anilines is 1. The number of nitrogens with zero attached hydrogens (tertiary/aromatic N) is 1. The number of hydrogen-bond acceptors (Lipinski definition) is 4. The van der Waals surface area contributed by atoms with Gasteiger partial charge in [0, 0.05) is 12.2 Å². The van der Waals surface area contributed by atoms with Gasteiger partial charge in [-0.05, 0) is 45.4 Å². The third-order valence-electron chi connectivity index (χ3n) is 4.10. The molecule has 2 rings (SSSR count). The van der Waals surface area contributed by atoms with E-state index in [1.807, 2.05) is 13.8 Å². The quantitative estimate of drug-likeness (QED) is 0.619. The molecule has 0 aliphatic carbocycles. The summed E-state index contributed by atoms with van der Waals surface area (Å²) in [6, 6.07) is 4.95. The zero-order valence-corrected chi connectivity index (χ0v) is 16.0. The average molecular weight is 379 g/mol. The molecule has 0 saturated heterocycles. The van der Waals surface area contributed by atoms with Crippen LogP contribution in [0.25, 0.3) is 0 Å². The molecule has 0 spiro atoms. The Balaban J connectivity index is 2.11. The highest BCUT2D eigenvalue weighted by molar-refractivity contribution is 6.34. The number of aromatic amines is 1. The van der Waals surface area contributed by atoms with Gasteiger partial charge in [0.1, 0.15) is 0 Å². The maximum atomic E-state index is 12.5. The molecule has 2 aromatic rings. The van der Waals surface area contributed by atoms with Crippen LogP contribution in [0.2, 0.25) is 5.02 Å². The molecule has 0 aliphatic heterocycles. The number of imidazole rings is 1. The van der Waals surface area contributed by atoms with Gasteiger partial charge < -0.3 is 15.4 Å². The molecule has 0 fully saturated rings. The van der Waals surface area contributed by atoms with Gasteiger partial charge in [0.2, 0.25) is 11.9 Å². The third kappa shape index (κ3) is 4.62. The highest BCUT2D eigenvalue weighted by Crippen LogP contribution is 2.20. The van der Waals surface area contributed by atoms with Crippen molar-refractivity contribution in [2.24, 2.45) is 5.41 Å². The first kappa shape index (κ1) is 19.9. The second-order valence-corrected chi connectivity index (χ2v) is 7.20. The fraction of sp³-hybridized carbons (Fsp3) is 0.389. The lowest BCUT2D eigenvalue weighted by atomic mass is 9.93. The lowest BCUT2D eigenvalue weighted by Gasteiger charge is -2.20. The molecular weight excluding hydrogens is 356 g/mol. The normalized spacial score (nSPS) is 11.3. The van der Waals surface area contributed by atoms with E-state index in [-0.39, 0.29) is 24.6 Å². The summed E-state index contributed by atoms with van der Waals surface area (Å²) in [4.78, 5) is 31.7. The van der Waals surface area contributed by atoms with Crippen LogP contribution in [0.5, 0.6) is 0 Å². The van der Waals surface area contributed by atoms with Crippen molar-refractivity contribution in [3.8, 4) is 0 Å². The van der Waals surface area contributed by atoms with Gasteiger partial charge in [-0.1, -0.05) is 17.7 Å². The summed E-state index contributed by atoms with van der Waals surface area (Å²) in [5.41, 5.74) is 1.80. The number of aromatic nitrogens is 2. The van der Waals surface area contributed by atoms with Gasteiger partial charge in [-0.3, -0.25) is 14.9 Å². The molecule has 2 amide bonds. The molecule has 0 atom stereocenters. The zero-order chi connectivity index (χ0) is 19.5. The number of nitrogens with one attached hydrogen (secondary N) is 3. The van der Waals surface area contributed by atoms with Gasteiger partial charge in [0.05, 0.1) is 28.3 Å². The number of aryl methyl sites for hydroxylation is 2. The number of H-pyrrole nitrogens is 1. The predicted molar refractivity (Wildman–Crippen MR) is 100 cm³/mol. The number of hydrogen-bond donors (Lipinski definition) is 4. The smallest absolute Gasteiger partial charge is 0.259 e. The second-order valence-electron chi connectivity index (χ2n) is 6.79. The molecule has 1 aromatic carbocycles. The van der Waals surface area contributed by atoms with E-state index in [9.17, 15) is 14.7 Å². The van der Waals surface area contributed by atoms with Crippen molar-refractivity contribution >= 4 is 29.4 Å². The van der Waals surface area contributed by atoms with Crippen molar-refractivity contribution in [1.82, 2.24) is 15.3 Å². The lowest BCUT2D eigenvalue weighted by molar-refractivity contribution is -0.131. The van der Waals surface area contributed by atoms with Gasteiger partial charge in [-0.15, -0.1) is 0 Å². The fourth-order valence-electron chi connectivity index (χ4n) is 2.13. The van der Waals surface area contributed by atoms with Crippen molar-refractivity contribution in [3.63, 3.8) is 0 Å². The van der Waals surface area contributed by atoms with E-state index < -0.39 is 11.3 Å². The summed E-state index contributed by atoms with van der Waals surface area (Å²) in [6.45, 7) is 6.97. The molecule has 8 heteroatoms.